The van der Waals surface area contributed by atoms with E-state index in [1.807, 2.05) is 43.3 Å². The summed E-state index contributed by atoms with van der Waals surface area (Å²) in [6, 6.07) is 14.1. The van der Waals surface area contributed by atoms with Crippen molar-refractivity contribution in [2.75, 3.05) is 11.9 Å². The molecule has 0 unspecified atom stereocenters. The van der Waals surface area contributed by atoms with E-state index in [2.05, 4.69) is 26.3 Å². The second-order valence-corrected chi connectivity index (χ2v) is 4.90. The third kappa shape index (κ3) is 2.96. The normalized spacial score (nSPS) is 10.8. The minimum absolute atomic E-state index is 0.896. The molecule has 2 N–H and O–H groups in total. The molecule has 0 amide bonds. The number of hydrogen-bond acceptors (Lipinski definition) is 3. The maximum absolute atomic E-state index is 4.57. The van der Waals surface area contributed by atoms with Gasteiger partial charge >= 0.3 is 0 Å². The fourth-order valence-electron chi connectivity index (χ4n) is 2.24. The van der Waals surface area contributed by atoms with Crippen LogP contribution in [0.1, 0.15) is 17.9 Å². The molecular weight excluding hydrogens is 248 g/mol. The molecule has 3 rings (SSSR count). The van der Waals surface area contributed by atoms with E-state index in [1.54, 1.807) is 0 Å². The van der Waals surface area contributed by atoms with E-state index < -0.39 is 0 Å². The van der Waals surface area contributed by atoms with E-state index >= 15 is 0 Å². The Bertz CT molecular complexity index is 669. The molecule has 0 spiro atoms. The van der Waals surface area contributed by atoms with Gasteiger partial charge in [-0.25, -0.2) is 9.97 Å². The number of nitrogens with one attached hydrogen (secondary N) is 2. The number of fused-ring (bicyclic) bond motifs is 1. The molecule has 0 aliphatic carbocycles. The maximum Gasteiger partial charge on any atom is 0.126 e. The zero-order valence-electron chi connectivity index (χ0n) is 11.6. The summed E-state index contributed by atoms with van der Waals surface area (Å²) in [7, 11) is 0. The van der Waals surface area contributed by atoms with Crippen molar-refractivity contribution in [1.82, 2.24) is 15.0 Å². The molecule has 0 saturated heterocycles. The molecular formula is C16H18N4. The van der Waals surface area contributed by atoms with E-state index in [1.165, 1.54) is 0 Å². The van der Waals surface area contributed by atoms with E-state index in [4.69, 9.17) is 0 Å². The Labute approximate surface area is 118 Å². The van der Waals surface area contributed by atoms with Gasteiger partial charge in [0.05, 0.1) is 11.0 Å². The van der Waals surface area contributed by atoms with Gasteiger partial charge in [0.2, 0.25) is 0 Å². The van der Waals surface area contributed by atoms with Crippen molar-refractivity contribution in [3.8, 4) is 0 Å². The SMILES string of the molecule is Cc1cccc(NCCCc2nc3ccccc3[nH]2)n1. The van der Waals surface area contributed by atoms with Gasteiger partial charge in [-0.3, -0.25) is 0 Å². The molecule has 102 valence electrons. The van der Waals surface area contributed by atoms with Crippen LogP contribution in [0.2, 0.25) is 0 Å². The first-order chi connectivity index (χ1) is 9.81. The first-order valence-electron chi connectivity index (χ1n) is 6.92. The van der Waals surface area contributed by atoms with Crippen LogP contribution in [-0.4, -0.2) is 21.5 Å². The minimum atomic E-state index is 0.896. The van der Waals surface area contributed by atoms with Crippen molar-refractivity contribution >= 4 is 16.9 Å². The van der Waals surface area contributed by atoms with Crippen LogP contribution in [0.25, 0.3) is 11.0 Å². The van der Waals surface area contributed by atoms with Gasteiger partial charge in [0.25, 0.3) is 0 Å². The van der Waals surface area contributed by atoms with E-state index in [-0.39, 0.29) is 0 Å². The lowest BCUT2D eigenvalue weighted by Crippen LogP contribution is -2.05. The molecule has 4 heteroatoms. The number of benzene rings is 1. The van der Waals surface area contributed by atoms with Crippen molar-refractivity contribution < 1.29 is 0 Å². The largest absolute Gasteiger partial charge is 0.370 e. The number of aromatic nitrogens is 3. The van der Waals surface area contributed by atoms with Crippen LogP contribution in [0.15, 0.2) is 42.5 Å². The molecule has 0 fully saturated rings. The second-order valence-electron chi connectivity index (χ2n) is 4.90. The molecule has 0 bridgehead atoms. The highest BCUT2D eigenvalue weighted by Crippen LogP contribution is 2.11. The number of pyridine rings is 1. The standard InChI is InChI=1S/C16H18N4/c1-12-6-4-9-15(18-12)17-11-5-10-16-19-13-7-2-3-8-14(13)20-16/h2-4,6-9H,5,10-11H2,1H3,(H,17,18)(H,19,20). The maximum atomic E-state index is 4.57. The molecule has 0 radical (unpaired) electrons. The lowest BCUT2D eigenvalue weighted by Gasteiger charge is -2.05. The third-order valence-electron chi connectivity index (χ3n) is 3.22. The number of hydrogen-bond donors (Lipinski definition) is 2. The average Bonchev–Trinajstić information content (AvgIpc) is 2.86. The van der Waals surface area contributed by atoms with Crippen LogP contribution in [0.4, 0.5) is 5.82 Å². The summed E-state index contributed by atoms with van der Waals surface area (Å²) in [5, 5.41) is 3.34. The molecule has 0 saturated carbocycles. The van der Waals surface area contributed by atoms with Gasteiger partial charge in [-0.2, -0.15) is 0 Å². The van der Waals surface area contributed by atoms with Crippen molar-refractivity contribution in [2.24, 2.45) is 0 Å². The molecule has 1 aromatic carbocycles. The van der Waals surface area contributed by atoms with Crippen molar-refractivity contribution in [3.63, 3.8) is 0 Å². The van der Waals surface area contributed by atoms with Crippen LogP contribution in [0, 0.1) is 6.92 Å². The van der Waals surface area contributed by atoms with Crippen molar-refractivity contribution in [2.45, 2.75) is 19.8 Å². The molecule has 0 atom stereocenters. The summed E-state index contributed by atoms with van der Waals surface area (Å²) in [4.78, 5) is 12.3. The fourth-order valence-corrected chi connectivity index (χ4v) is 2.24. The summed E-state index contributed by atoms with van der Waals surface area (Å²) >= 11 is 0. The number of para-hydroxylation sites is 2. The predicted octanol–water partition coefficient (Wildman–Crippen LogP) is 3.31. The van der Waals surface area contributed by atoms with Gasteiger partial charge in [0.15, 0.2) is 0 Å². The lowest BCUT2D eigenvalue weighted by molar-refractivity contribution is 0.817. The van der Waals surface area contributed by atoms with E-state index in [0.29, 0.717) is 0 Å². The molecule has 0 aliphatic heterocycles. The first kappa shape index (κ1) is 12.7. The van der Waals surface area contributed by atoms with Crippen LogP contribution in [0.3, 0.4) is 0 Å². The minimum Gasteiger partial charge on any atom is -0.370 e. The molecule has 2 heterocycles. The summed E-state index contributed by atoms with van der Waals surface area (Å²) < 4.78 is 0. The summed E-state index contributed by atoms with van der Waals surface area (Å²) in [5.74, 6) is 1.99. The quantitative estimate of drug-likeness (QED) is 0.697. The van der Waals surface area contributed by atoms with E-state index in [9.17, 15) is 0 Å². The molecule has 20 heavy (non-hydrogen) atoms. The number of H-pyrrole nitrogens is 1. The first-order valence-corrected chi connectivity index (χ1v) is 6.92. The lowest BCUT2D eigenvalue weighted by atomic mass is 10.3. The zero-order valence-corrected chi connectivity index (χ0v) is 11.6. The van der Waals surface area contributed by atoms with Gasteiger partial charge in [-0.1, -0.05) is 18.2 Å². The van der Waals surface area contributed by atoms with Gasteiger partial charge in [0.1, 0.15) is 11.6 Å². The number of nitrogens with zero attached hydrogens (tertiary/aromatic N) is 2. The highest BCUT2D eigenvalue weighted by molar-refractivity contribution is 5.74. The number of imidazole rings is 1. The van der Waals surface area contributed by atoms with Crippen LogP contribution < -0.4 is 5.32 Å². The Morgan fingerprint density at radius 2 is 1.95 bits per heavy atom. The van der Waals surface area contributed by atoms with E-state index in [0.717, 1.165) is 47.8 Å². The Morgan fingerprint density at radius 3 is 2.80 bits per heavy atom. The highest BCUT2D eigenvalue weighted by atomic mass is 15.0. The monoisotopic (exact) mass is 266 g/mol. The summed E-state index contributed by atoms with van der Waals surface area (Å²) in [6.07, 6.45) is 1.96. The van der Waals surface area contributed by atoms with Gasteiger partial charge < -0.3 is 10.3 Å². The smallest absolute Gasteiger partial charge is 0.126 e. The zero-order chi connectivity index (χ0) is 13.8. The summed E-state index contributed by atoms with van der Waals surface area (Å²) in [5.41, 5.74) is 3.18. The fraction of sp³-hybridized carbons (Fsp3) is 0.250. The van der Waals surface area contributed by atoms with Crippen LogP contribution in [-0.2, 0) is 6.42 Å². The Hall–Kier alpha value is -2.36. The van der Waals surface area contributed by atoms with Crippen LogP contribution >= 0.6 is 0 Å². The van der Waals surface area contributed by atoms with Crippen molar-refractivity contribution in [3.05, 3.63) is 54.0 Å². The Balaban J connectivity index is 1.52. The Morgan fingerprint density at radius 1 is 1.05 bits per heavy atom. The molecule has 4 nitrogen and oxygen atoms in total. The molecule has 0 aliphatic rings. The number of rotatable bonds is 5. The van der Waals surface area contributed by atoms with Gasteiger partial charge in [-0.05, 0) is 37.6 Å². The predicted molar refractivity (Wildman–Crippen MR) is 81.9 cm³/mol. The van der Waals surface area contributed by atoms with Gasteiger partial charge in [-0.15, -0.1) is 0 Å². The number of anilines is 1. The highest BCUT2D eigenvalue weighted by Gasteiger charge is 2.01. The third-order valence-corrected chi connectivity index (χ3v) is 3.22. The van der Waals surface area contributed by atoms with Gasteiger partial charge in [0, 0.05) is 18.7 Å². The average molecular weight is 266 g/mol. The Kier molecular flexibility index (Phi) is 3.63. The number of aromatic amines is 1. The van der Waals surface area contributed by atoms with Crippen LogP contribution in [0.5, 0.6) is 0 Å². The topological polar surface area (TPSA) is 53.6 Å². The second kappa shape index (κ2) is 5.74. The summed E-state index contributed by atoms with van der Waals surface area (Å²) in [6.45, 7) is 2.90. The number of aryl methyl sites for hydroxylation is 2. The molecule has 3 aromatic rings. The van der Waals surface area contributed by atoms with Crippen molar-refractivity contribution in [1.29, 1.82) is 0 Å². The molecule has 2 aromatic heterocycles.